The molecule has 4 N–H and O–H groups in total. The number of carbonyl (C=O) groups is 2. The number of allylic oxidation sites excluding steroid dienone is 1. The number of rotatable bonds is 4. The van der Waals surface area contributed by atoms with Crippen molar-refractivity contribution in [3.05, 3.63) is 38.8 Å². The molecule has 0 saturated carbocycles. The number of aliphatic hydroxyl groups excluding tert-OH is 1. The second-order valence-corrected chi connectivity index (χ2v) is 5.09. The maximum atomic E-state index is 12.2. The SMILES string of the molecule is O=C(O)CNC(=O)c1c(CO)c2c3c(nn2[nH]c1=O)C=CCC3. The number of aryl methyl sites for hydroxylation is 1. The van der Waals surface area contributed by atoms with Crippen LogP contribution in [0, 0.1) is 0 Å². The van der Waals surface area contributed by atoms with Crippen LogP contribution in [0.25, 0.3) is 11.6 Å². The molecule has 0 unspecified atom stereocenters. The third kappa shape index (κ3) is 2.50. The lowest BCUT2D eigenvalue weighted by atomic mass is 9.99. The maximum Gasteiger partial charge on any atom is 0.322 e. The van der Waals surface area contributed by atoms with E-state index in [0.29, 0.717) is 17.6 Å². The molecule has 2 heterocycles. The standard InChI is InChI=1S/C14H14N4O5/c19-6-8-11(13(22)15-5-10(20)21)14(23)17-18-12(8)7-3-1-2-4-9(7)16-18/h2,4,19H,1,3,5-6H2,(H,15,22)(H,17,23)(H,20,21). The number of aliphatic hydroxyl groups is 1. The van der Waals surface area contributed by atoms with Gasteiger partial charge in [-0.3, -0.25) is 14.4 Å². The molecular formula is C14H14N4O5. The summed E-state index contributed by atoms with van der Waals surface area (Å²) in [5, 5.41) is 27.1. The summed E-state index contributed by atoms with van der Waals surface area (Å²) in [7, 11) is 0. The van der Waals surface area contributed by atoms with E-state index >= 15 is 0 Å². The number of fused-ring (bicyclic) bond motifs is 3. The summed E-state index contributed by atoms with van der Waals surface area (Å²) in [6, 6.07) is 0. The zero-order valence-corrected chi connectivity index (χ0v) is 12.0. The van der Waals surface area contributed by atoms with Crippen molar-refractivity contribution in [2.75, 3.05) is 6.54 Å². The van der Waals surface area contributed by atoms with Crippen molar-refractivity contribution in [1.29, 1.82) is 0 Å². The molecule has 0 spiro atoms. The molecule has 2 aromatic heterocycles. The maximum absolute atomic E-state index is 12.2. The normalized spacial score (nSPS) is 13.1. The summed E-state index contributed by atoms with van der Waals surface area (Å²) in [4.78, 5) is 34.9. The van der Waals surface area contributed by atoms with E-state index < -0.39 is 30.6 Å². The second kappa shape index (κ2) is 5.69. The molecule has 2 aromatic rings. The molecule has 0 fully saturated rings. The molecule has 1 aliphatic carbocycles. The van der Waals surface area contributed by atoms with Gasteiger partial charge in [-0.25, -0.2) is 5.10 Å². The van der Waals surface area contributed by atoms with E-state index in [1.807, 2.05) is 12.2 Å². The van der Waals surface area contributed by atoms with Gasteiger partial charge >= 0.3 is 5.97 Å². The van der Waals surface area contributed by atoms with Gasteiger partial charge in [0.15, 0.2) is 0 Å². The van der Waals surface area contributed by atoms with E-state index in [1.54, 1.807) is 0 Å². The Bertz CT molecular complexity index is 893. The number of nitrogens with zero attached hydrogens (tertiary/aromatic N) is 2. The molecule has 1 amide bonds. The molecule has 9 nitrogen and oxygen atoms in total. The number of aromatic nitrogens is 3. The Kier molecular flexibility index (Phi) is 3.70. The number of hydrogen-bond acceptors (Lipinski definition) is 5. The van der Waals surface area contributed by atoms with E-state index in [-0.39, 0.29) is 11.1 Å². The number of carbonyl (C=O) groups excluding carboxylic acids is 1. The number of amides is 1. The lowest BCUT2D eigenvalue weighted by molar-refractivity contribution is -0.135. The first-order valence-electron chi connectivity index (χ1n) is 6.97. The first kappa shape index (κ1) is 15.0. The van der Waals surface area contributed by atoms with E-state index in [4.69, 9.17) is 5.11 Å². The minimum Gasteiger partial charge on any atom is -0.480 e. The third-order valence-corrected chi connectivity index (χ3v) is 3.66. The summed E-state index contributed by atoms with van der Waals surface area (Å²) < 4.78 is 1.25. The van der Waals surface area contributed by atoms with Crippen LogP contribution in [0.3, 0.4) is 0 Å². The Labute approximate surface area is 129 Å². The Hall–Kier alpha value is -2.94. The molecule has 0 saturated heterocycles. The fourth-order valence-electron chi connectivity index (χ4n) is 2.71. The summed E-state index contributed by atoms with van der Waals surface area (Å²) >= 11 is 0. The number of nitrogens with one attached hydrogen (secondary N) is 2. The molecule has 3 rings (SSSR count). The summed E-state index contributed by atoms with van der Waals surface area (Å²) in [5.74, 6) is -2.07. The molecule has 0 radical (unpaired) electrons. The summed E-state index contributed by atoms with van der Waals surface area (Å²) in [6.07, 6.45) is 5.23. The summed E-state index contributed by atoms with van der Waals surface area (Å²) in [5.41, 5.74) is 1.09. The van der Waals surface area contributed by atoms with Crippen LogP contribution in [-0.4, -0.2) is 43.5 Å². The van der Waals surface area contributed by atoms with Crippen LogP contribution in [0.15, 0.2) is 10.9 Å². The Balaban J connectivity index is 2.20. The first-order chi connectivity index (χ1) is 11.0. The largest absolute Gasteiger partial charge is 0.480 e. The minimum atomic E-state index is -1.23. The van der Waals surface area contributed by atoms with Crippen LogP contribution in [0.1, 0.15) is 33.6 Å². The van der Waals surface area contributed by atoms with Crippen molar-refractivity contribution < 1.29 is 19.8 Å². The second-order valence-electron chi connectivity index (χ2n) is 5.09. The lowest BCUT2D eigenvalue weighted by Crippen LogP contribution is -2.35. The molecule has 0 aromatic carbocycles. The van der Waals surface area contributed by atoms with Gasteiger partial charge in [0, 0.05) is 11.1 Å². The average Bonchev–Trinajstić information content (AvgIpc) is 2.89. The van der Waals surface area contributed by atoms with Crippen molar-refractivity contribution in [3.63, 3.8) is 0 Å². The van der Waals surface area contributed by atoms with Gasteiger partial charge in [0.25, 0.3) is 11.5 Å². The highest BCUT2D eigenvalue weighted by Crippen LogP contribution is 2.26. The predicted octanol–water partition coefficient (Wildman–Crippen LogP) is -0.711. The van der Waals surface area contributed by atoms with Gasteiger partial charge < -0.3 is 15.5 Å². The van der Waals surface area contributed by atoms with Gasteiger partial charge in [-0.1, -0.05) is 6.08 Å². The van der Waals surface area contributed by atoms with Crippen molar-refractivity contribution in [2.24, 2.45) is 0 Å². The number of H-pyrrole nitrogens is 1. The van der Waals surface area contributed by atoms with Crippen molar-refractivity contribution in [3.8, 4) is 0 Å². The minimum absolute atomic E-state index is 0.140. The highest BCUT2D eigenvalue weighted by molar-refractivity contribution is 5.98. The number of hydrogen-bond donors (Lipinski definition) is 4. The number of aliphatic carboxylic acids is 1. The van der Waals surface area contributed by atoms with Crippen molar-refractivity contribution in [1.82, 2.24) is 20.1 Å². The van der Waals surface area contributed by atoms with Gasteiger partial charge in [0.05, 0.1) is 17.8 Å². The quantitative estimate of drug-likeness (QED) is 0.588. The molecular weight excluding hydrogens is 304 g/mol. The molecule has 1 aliphatic rings. The first-order valence-corrected chi connectivity index (χ1v) is 6.97. The highest BCUT2D eigenvalue weighted by atomic mass is 16.4. The Morgan fingerprint density at radius 3 is 2.91 bits per heavy atom. The topological polar surface area (TPSA) is 137 Å². The Morgan fingerprint density at radius 2 is 2.22 bits per heavy atom. The zero-order chi connectivity index (χ0) is 16.6. The van der Waals surface area contributed by atoms with Crippen LogP contribution < -0.4 is 10.9 Å². The lowest BCUT2D eigenvalue weighted by Gasteiger charge is -2.10. The monoisotopic (exact) mass is 318 g/mol. The molecule has 120 valence electrons. The predicted molar refractivity (Wildman–Crippen MR) is 79.1 cm³/mol. The third-order valence-electron chi connectivity index (χ3n) is 3.66. The van der Waals surface area contributed by atoms with Gasteiger partial charge in [0.2, 0.25) is 0 Å². The van der Waals surface area contributed by atoms with Gasteiger partial charge in [0.1, 0.15) is 12.1 Å². The molecule has 0 atom stereocenters. The zero-order valence-electron chi connectivity index (χ0n) is 12.0. The number of carboxylic acid groups (broad SMARTS) is 1. The van der Waals surface area contributed by atoms with Crippen LogP contribution in [-0.2, 0) is 17.8 Å². The number of aromatic amines is 1. The van der Waals surface area contributed by atoms with Crippen molar-refractivity contribution in [2.45, 2.75) is 19.4 Å². The van der Waals surface area contributed by atoms with Gasteiger partial charge in [-0.15, -0.1) is 0 Å². The fourth-order valence-corrected chi connectivity index (χ4v) is 2.71. The van der Waals surface area contributed by atoms with E-state index in [2.05, 4.69) is 15.5 Å². The van der Waals surface area contributed by atoms with E-state index in [1.165, 1.54) is 4.63 Å². The average molecular weight is 318 g/mol. The summed E-state index contributed by atoms with van der Waals surface area (Å²) in [6.45, 7) is -1.15. The van der Waals surface area contributed by atoms with Crippen molar-refractivity contribution >= 4 is 23.5 Å². The van der Waals surface area contributed by atoms with Crippen LogP contribution in [0.4, 0.5) is 0 Å². The smallest absolute Gasteiger partial charge is 0.322 e. The van der Waals surface area contributed by atoms with Gasteiger partial charge in [-0.05, 0) is 18.9 Å². The van der Waals surface area contributed by atoms with E-state index in [9.17, 15) is 19.5 Å². The highest BCUT2D eigenvalue weighted by Gasteiger charge is 2.24. The molecule has 0 bridgehead atoms. The van der Waals surface area contributed by atoms with Crippen LogP contribution in [0.5, 0.6) is 0 Å². The molecule has 9 heteroatoms. The van der Waals surface area contributed by atoms with Crippen LogP contribution >= 0.6 is 0 Å². The number of carboxylic acids is 1. The van der Waals surface area contributed by atoms with Crippen LogP contribution in [0.2, 0.25) is 0 Å². The Morgan fingerprint density at radius 1 is 1.43 bits per heavy atom. The fraction of sp³-hybridized carbons (Fsp3) is 0.286. The molecule has 0 aliphatic heterocycles. The van der Waals surface area contributed by atoms with E-state index in [0.717, 1.165) is 12.0 Å². The van der Waals surface area contributed by atoms with Gasteiger partial charge in [-0.2, -0.15) is 9.73 Å². The molecule has 23 heavy (non-hydrogen) atoms.